The summed E-state index contributed by atoms with van der Waals surface area (Å²) >= 11 is 0. The van der Waals surface area contributed by atoms with Gasteiger partial charge in [0, 0.05) is 24.9 Å². The van der Waals surface area contributed by atoms with Crippen molar-refractivity contribution in [3.63, 3.8) is 0 Å². The second-order valence-corrected chi connectivity index (χ2v) is 7.28. The van der Waals surface area contributed by atoms with Crippen molar-refractivity contribution in [1.82, 2.24) is 15.0 Å². The standard InChI is InChI=1S/C19H24N4O2.ClH/c1-12-4-6-13(7-5-12)16(20)19(24)23-10-2-3-15(11-23)17-21-18(25-22-17)14-8-9-14;/h4-7,14-16H,2-3,8-11,20H2,1H3;1H. The first kappa shape index (κ1) is 18.9. The van der Waals surface area contributed by atoms with Crippen LogP contribution in [0, 0.1) is 6.92 Å². The average Bonchev–Trinajstić information content (AvgIpc) is 3.38. The Morgan fingerprint density at radius 3 is 2.65 bits per heavy atom. The molecule has 0 radical (unpaired) electrons. The lowest BCUT2D eigenvalue weighted by Gasteiger charge is -2.33. The molecule has 1 amide bonds. The van der Waals surface area contributed by atoms with Crippen molar-refractivity contribution in [3.05, 3.63) is 47.1 Å². The van der Waals surface area contributed by atoms with E-state index in [2.05, 4.69) is 10.1 Å². The highest BCUT2D eigenvalue weighted by atomic mass is 35.5. The number of piperidine rings is 1. The summed E-state index contributed by atoms with van der Waals surface area (Å²) in [6.45, 7) is 3.37. The van der Waals surface area contributed by atoms with Gasteiger partial charge in [-0.1, -0.05) is 35.0 Å². The van der Waals surface area contributed by atoms with Crippen molar-refractivity contribution in [2.24, 2.45) is 5.73 Å². The fourth-order valence-corrected chi connectivity index (χ4v) is 3.41. The van der Waals surface area contributed by atoms with Crippen molar-refractivity contribution in [3.8, 4) is 0 Å². The molecule has 6 nitrogen and oxygen atoms in total. The van der Waals surface area contributed by atoms with Crippen LogP contribution >= 0.6 is 12.4 Å². The number of halogens is 1. The molecule has 1 saturated carbocycles. The van der Waals surface area contributed by atoms with Gasteiger partial charge in [-0.2, -0.15) is 4.98 Å². The fraction of sp³-hybridized carbons (Fsp3) is 0.526. The SMILES string of the molecule is Cc1ccc(C(N)C(=O)N2CCCC(c3noc(C4CC4)n3)C2)cc1.Cl. The van der Waals surface area contributed by atoms with Crippen molar-refractivity contribution in [1.29, 1.82) is 0 Å². The molecule has 0 spiro atoms. The van der Waals surface area contributed by atoms with Gasteiger partial charge in [0.15, 0.2) is 5.82 Å². The molecular formula is C19H25ClN4O2. The van der Waals surface area contributed by atoms with E-state index in [0.29, 0.717) is 12.5 Å². The van der Waals surface area contributed by atoms with Crippen LogP contribution < -0.4 is 5.73 Å². The molecule has 7 heteroatoms. The molecule has 140 valence electrons. The van der Waals surface area contributed by atoms with Crippen LogP contribution in [0.15, 0.2) is 28.8 Å². The van der Waals surface area contributed by atoms with Gasteiger partial charge in [0.05, 0.1) is 0 Å². The molecule has 2 atom stereocenters. The molecule has 0 bridgehead atoms. The maximum Gasteiger partial charge on any atom is 0.244 e. The monoisotopic (exact) mass is 376 g/mol. The molecule has 1 aromatic heterocycles. The van der Waals surface area contributed by atoms with E-state index in [0.717, 1.165) is 55.1 Å². The lowest BCUT2D eigenvalue weighted by Crippen LogP contribution is -2.44. The smallest absolute Gasteiger partial charge is 0.244 e. The minimum Gasteiger partial charge on any atom is -0.340 e. The van der Waals surface area contributed by atoms with Crippen LogP contribution in [0.1, 0.15) is 66.4 Å². The first-order valence-corrected chi connectivity index (χ1v) is 9.06. The maximum absolute atomic E-state index is 12.8. The predicted octanol–water partition coefficient (Wildman–Crippen LogP) is 3.08. The number of nitrogens with two attached hydrogens (primary N) is 1. The second-order valence-electron chi connectivity index (χ2n) is 7.28. The number of hydrogen-bond acceptors (Lipinski definition) is 5. The highest BCUT2D eigenvalue weighted by Gasteiger charge is 2.33. The zero-order valence-electron chi connectivity index (χ0n) is 14.9. The Balaban J connectivity index is 0.00000196. The van der Waals surface area contributed by atoms with Gasteiger partial charge in [0.2, 0.25) is 11.8 Å². The molecular weight excluding hydrogens is 352 g/mol. The molecule has 2 aromatic rings. The van der Waals surface area contributed by atoms with Crippen molar-refractivity contribution in [2.45, 2.75) is 50.5 Å². The lowest BCUT2D eigenvalue weighted by molar-refractivity contribution is -0.134. The summed E-state index contributed by atoms with van der Waals surface area (Å²) in [5, 5.41) is 4.15. The molecule has 4 rings (SSSR count). The molecule has 1 aliphatic carbocycles. The van der Waals surface area contributed by atoms with Gasteiger partial charge in [-0.3, -0.25) is 4.79 Å². The van der Waals surface area contributed by atoms with E-state index >= 15 is 0 Å². The Labute approximate surface area is 159 Å². The second kappa shape index (κ2) is 7.76. The Morgan fingerprint density at radius 2 is 1.96 bits per heavy atom. The van der Waals surface area contributed by atoms with Crippen molar-refractivity contribution in [2.75, 3.05) is 13.1 Å². The van der Waals surface area contributed by atoms with Crippen molar-refractivity contribution >= 4 is 18.3 Å². The van der Waals surface area contributed by atoms with E-state index in [4.69, 9.17) is 10.3 Å². The molecule has 1 saturated heterocycles. The minimum atomic E-state index is -0.619. The Kier molecular flexibility index (Phi) is 5.63. The maximum atomic E-state index is 12.8. The normalized spacial score (nSPS) is 21.2. The minimum absolute atomic E-state index is 0. The van der Waals surface area contributed by atoms with Crippen LogP contribution in [-0.4, -0.2) is 34.0 Å². The Hall–Kier alpha value is -1.92. The van der Waals surface area contributed by atoms with Crippen LogP contribution in [0.5, 0.6) is 0 Å². The van der Waals surface area contributed by atoms with Gasteiger partial charge in [0.25, 0.3) is 0 Å². The van der Waals surface area contributed by atoms with E-state index in [1.807, 2.05) is 36.1 Å². The summed E-state index contributed by atoms with van der Waals surface area (Å²) in [6.07, 6.45) is 4.20. The van der Waals surface area contributed by atoms with Gasteiger partial charge in [-0.15, -0.1) is 12.4 Å². The third-order valence-electron chi connectivity index (χ3n) is 5.18. The van der Waals surface area contributed by atoms with Gasteiger partial charge in [0.1, 0.15) is 6.04 Å². The van der Waals surface area contributed by atoms with Crippen LogP contribution in [-0.2, 0) is 4.79 Å². The molecule has 2 fully saturated rings. The number of aromatic nitrogens is 2. The summed E-state index contributed by atoms with van der Waals surface area (Å²) < 4.78 is 5.38. The number of likely N-dealkylation sites (tertiary alicyclic amines) is 1. The largest absolute Gasteiger partial charge is 0.340 e. The zero-order chi connectivity index (χ0) is 17.4. The molecule has 2 aliphatic rings. The van der Waals surface area contributed by atoms with Gasteiger partial charge in [-0.05, 0) is 38.2 Å². The lowest BCUT2D eigenvalue weighted by atomic mass is 9.96. The first-order valence-electron chi connectivity index (χ1n) is 9.06. The first-order chi connectivity index (χ1) is 12.1. The number of hydrogen-bond donors (Lipinski definition) is 1. The number of rotatable bonds is 4. The van der Waals surface area contributed by atoms with E-state index in [-0.39, 0.29) is 24.2 Å². The summed E-state index contributed by atoms with van der Waals surface area (Å²) in [4.78, 5) is 19.2. The summed E-state index contributed by atoms with van der Waals surface area (Å²) in [5.74, 6) is 2.06. The van der Waals surface area contributed by atoms with Crippen molar-refractivity contribution < 1.29 is 9.32 Å². The predicted molar refractivity (Wildman–Crippen MR) is 100 cm³/mol. The van der Waals surface area contributed by atoms with E-state index in [9.17, 15) is 4.79 Å². The van der Waals surface area contributed by atoms with E-state index < -0.39 is 6.04 Å². The summed E-state index contributed by atoms with van der Waals surface area (Å²) in [6, 6.07) is 7.22. The number of aryl methyl sites for hydroxylation is 1. The number of amides is 1. The zero-order valence-corrected chi connectivity index (χ0v) is 15.7. The molecule has 2 N–H and O–H groups in total. The molecule has 26 heavy (non-hydrogen) atoms. The highest BCUT2D eigenvalue weighted by molar-refractivity contribution is 5.85. The van der Waals surface area contributed by atoms with Gasteiger partial charge < -0.3 is 15.2 Å². The summed E-state index contributed by atoms with van der Waals surface area (Å²) in [7, 11) is 0. The van der Waals surface area contributed by atoms with Crippen LogP contribution in [0.25, 0.3) is 0 Å². The number of carbonyl (C=O) groups is 1. The quantitative estimate of drug-likeness (QED) is 0.886. The highest BCUT2D eigenvalue weighted by Crippen LogP contribution is 2.39. The van der Waals surface area contributed by atoms with Crippen LogP contribution in [0.3, 0.4) is 0 Å². The third-order valence-corrected chi connectivity index (χ3v) is 5.18. The van der Waals surface area contributed by atoms with Crippen LogP contribution in [0.4, 0.5) is 0 Å². The van der Waals surface area contributed by atoms with E-state index in [1.54, 1.807) is 0 Å². The number of benzene rings is 1. The molecule has 1 aliphatic heterocycles. The Bertz CT molecular complexity index is 757. The van der Waals surface area contributed by atoms with E-state index in [1.165, 1.54) is 0 Å². The molecule has 2 heterocycles. The number of nitrogens with zero attached hydrogens (tertiary/aromatic N) is 3. The summed E-state index contributed by atoms with van der Waals surface area (Å²) in [5.41, 5.74) is 8.23. The topological polar surface area (TPSA) is 85.3 Å². The van der Waals surface area contributed by atoms with Gasteiger partial charge >= 0.3 is 0 Å². The average molecular weight is 377 g/mol. The fourth-order valence-electron chi connectivity index (χ4n) is 3.41. The Morgan fingerprint density at radius 1 is 1.23 bits per heavy atom. The van der Waals surface area contributed by atoms with Crippen LogP contribution in [0.2, 0.25) is 0 Å². The van der Waals surface area contributed by atoms with Gasteiger partial charge in [-0.25, -0.2) is 0 Å². The molecule has 1 aromatic carbocycles. The third kappa shape index (κ3) is 3.91. The number of carbonyl (C=O) groups excluding carboxylic acids is 1. The molecule has 2 unspecified atom stereocenters.